The molecule has 1 aliphatic heterocycles. The van der Waals surface area contributed by atoms with E-state index < -0.39 is 0 Å². The fourth-order valence-corrected chi connectivity index (χ4v) is 4.82. The number of likely N-dealkylation sites (tertiary alicyclic amines) is 1. The van der Waals surface area contributed by atoms with E-state index in [1.54, 1.807) is 5.56 Å². The maximum atomic E-state index is 10.8. The second-order valence-electron chi connectivity index (χ2n) is 6.99. The molecule has 1 heterocycles. The SMILES string of the molecule is O[C@H]1[C@H]2Cc3ccccc3[C@H](C2)C[C@H]1N1CCCCC1. The molecule has 0 unspecified atom stereocenters. The molecule has 2 aliphatic carbocycles. The van der Waals surface area contributed by atoms with Crippen molar-refractivity contribution in [3.63, 3.8) is 0 Å². The normalized spacial score (nSPS) is 37.5. The standard InChI is InChI=1S/C18H25NO/c20-18-15-10-13-6-2-3-7-16(13)14(11-15)12-17(18)19-8-4-1-5-9-19/h2-3,6-7,14-15,17-18,20H,1,4-5,8-12H2/t14-,15+,17-,18+/m1/s1. The van der Waals surface area contributed by atoms with Crippen LogP contribution in [-0.4, -0.2) is 35.2 Å². The Kier molecular flexibility index (Phi) is 3.31. The first-order valence-corrected chi connectivity index (χ1v) is 8.33. The third-order valence-electron chi connectivity index (χ3n) is 5.83. The van der Waals surface area contributed by atoms with Crippen molar-refractivity contribution in [1.82, 2.24) is 4.90 Å². The molecule has 0 amide bonds. The van der Waals surface area contributed by atoms with E-state index in [0.717, 1.165) is 12.8 Å². The fraction of sp³-hybridized carbons (Fsp3) is 0.667. The van der Waals surface area contributed by atoms with Crippen LogP contribution in [0.2, 0.25) is 0 Å². The summed E-state index contributed by atoms with van der Waals surface area (Å²) in [4.78, 5) is 2.58. The van der Waals surface area contributed by atoms with Crippen molar-refractivity contribution in [2.75, 3.05) is 13.1 Å². The van der Waals surface area contributed by atoms with E-state index in [2.05, 4.69) is 29.2 Å². The molecule has 4 rings (SSSR count). The maximum absolute atomic E-state index is 10.8. The van der Waals surface area contributed by atoms with Crippen LogP contribution in [0.4, 0.5) is 0 Å². The van der Waals surface area contributed by atoms with Gasteiger partial charge >= 0.3 is 0 Å². The van der Waals surface area contributed by atoms with Crippen LogP contribution < -0.4 is 0 Å². The molecule has 0 aromatic heterocycles. The van der Waals surface area contributed by atoms with Crippen molar-refractivity contribution in [2.45, 2.75) is 56.6 Å². The molecule has 4 atom stereocenters. The Balaban J connectivity index is 1.61. The van der Waals surface area contributed by atoms with Crippen molar-refractivity contribution in [3.8, 4) is 0 Å². The van der Waals surface area contributed by atoms with E-state index in [0.29, 0.717) is 17.9 Å². The van der Waals surface area contributed by atoms with E-state index in [-0.39, 0.29) is 6.10 Å². The van der Waals surface area contributed by atoms with Crippen molar-refractivity contribution < 1.29 is 5.11 Å². The van der Waals surface area contributed by atoms with Gasteiger partial charge in [-0.05, 0) is 68.2 Å². The second-order valence-corrected chi connectivity index (χ2v) is 6.99. The smallest absolute Gasteiger partial charge is 0.0727 e. The summed E-state index contributed by atoms with van der Waals surface area (Å²) in [6.45, 7) is 2.39. The van der Waals surface area contributed by atoms with E-state index in [9.17, 15) is 5.11 Å². The lowest BCUT2D eigenvalue weighted by Crippen LogP contribution is -2.53. The summed E-state index contributed by atoms with van der Waals surface area (Å²) < 4.78 is 0. The highest BCUT2D eigenvalue weighted by Crippen LogP contribution is 2.45. The molecule has 20 heavy (non-hydrogen) atoms. The number of aliphatic hydroxyl groups excluding tert-OH is 1. The molecule has 2 bridgehead atoms. The summed E-state index contributed by atoms with van der Waals surface area (Å²) in [5.74, 6) is 1.16. The van der Waals surface area contributed by atoms with Crippen LogP contribution in [0, 0.1) is 5.92 Å². The number of rotatable bonds is 1. The van der Waals surface area contributed by atoms with Gasteiger partial charge in [0.15, 0.2) is 0 Å². The van der Waals surface area contributed by atoms with Gasteiger partial charge < -0.3 is 5.11 Å². The van der Waals surface area contributed by atoms with Crippen LogP contribution in [0.5, 0.6) is 0 Å². The average molecular weight is 271 g/mol. The molecule has 2 heteroatoms. The molecule has 1 saturated heterocycles. The van der Waals surface area contributed by atoms with Crippen molar-refractivity contribution in [1.29, 1.82) is 0 Å². The molecule has 1 aromatic rings. The van der Waals surface area contributed by atoms with E-state index in [4.69, 9.17) is 0 Å². The first-order valence-electron chi connectivity index (χ1n) is 8.33. The Morgan fingerprint density at radius 3 is 2.65 bits per heavy atom. The lowest BCUT2D eigenvalue weighted by atomic mass is 9.66. The summed E-state index contributed by atoms with van der Waals surface area (Å²) in [7, 11) is 0. The monoisotopic (exact) mass is 271 g/mol. The minimum atomic E-state index is -0.113. The number of hydrogen-bond acceptors (Lipinski definition) is 2. The van der Waals surface area contributed by atoms with Crippen LogP contribution in [0.3, 0.4) is 0 Å². The number of aliphatic hydroxyl groups is 1. The molecule has 2 nitrogen and oxygen atoms in total. The molecule has 3 aliphatic rings. The first-order chi connectivity index (χ1) is 9.83. The molecular weight excluding hydrogens is 246 g/mol. The summed E-state index contributed by atoms with van der Waals surface area (Å²) in [6.07, 6.45) is 7.33. The molecule has 0 spiro atoms. The Morgan fingerprint density at radius 1 is 1.00 bits per heavy atom. The Hall–Kier alpha value is -0.860. The van der Waals surface area contributed by atoms with Crippen molar-refractivity contribution >= 4 is 0 Å². The Morgan fingerprint density at radius 2 is 1.80 bits per heavy atom. The van der Waals surface area contributed by atoms with Crippen LogP contribution in [0.25, 0.3) is 0 Å². The molecular formula is C18H25NO. The third-order valence-corrected chi connectivity index (χ3v) is 5.83. The van der Waals surface area contributed by atoms with Gasteiger partial charge in [-0.1, -0.05) is 30.7 Å². The van der Waals surface area contributed by atoms with Gasteiger partial charge in [-0.3, -0.25) is 4.90 Å². The zero-order valence-corrected chi connectivity index (χ0v) is 12.2. The number of piperidine rings is 1. The predicted octanol–water partition coefficient (Wildman–Crippen LogP) is 2.95. The van der Waals surface area contributed by atoms with Gasteiger partial charge in [-0.25, -0.2) is 0 Å². The number of nitrogens with zero attached hydrogens (tertiary/aromatic N) is 1. The van der Waals surface area contributed by atoms with Crippen molar-refractivity contribution in [2.24, 2.45) is 5.92 Å². The van der Waals surface area contributed by atoms with E-state index in [1.165, 1.54) is 44.3 Å². The Labute approximate surface area is 121 Å². The van der Waals surface area contributed by atoms with Crippen molar-refractivity contribution in [3.05, 3.63) is 35.4 Å². The van der Waals surface area contributed by atoms with Gasteiger partial charge in [0.05, 0.1) is 6.10 Å². The largest absolute Gasteiger partial charge is 0.391 e. The molecule has 2 fully saturated rings. The number of hydrogen-bond donors (Lipinski definition) is 1. The lowest BCUT2D eigenvalue weighted by molar-refractivity contribution is -0.0346. The lowest BCUT2D eigenvalue weighted by Gasteiger charge is -2.48. The van der Waals surface area contributed by atoms with Gasteiger partial charge in [-0.2, -0.15) is 0 Å². The van der Waals surface area contributed by atoms with Crippen LogP contribution in [0.15, 0.2) is 24.3 Å². The van der Waals surface area contributed by atoms with Gasteiger partial charge in [0.2, 0.25) is 0 Å². The summed E-state index contributed by atoms with van der Waals surface area (Å²) in [6, 6.07) is 9.32. The van der Waals surface area contributed by atoms with Crippen LogP contribution >= 0.6 is 0 Å². The van der Waals surface area contributed by atoms with E-state index in [1.807, 2.05) is 0 Å². The summed E-state index contributed by atoms with van der Waals surface area (Å²) in [5.41, 5.74) is 3.06. The van der Waals surface area contributed by atoms with Crippen LogP contribution in [-0.2, 0) is 6.42 Å². The molecule has 1 N–H and O–H groups in total. The highest BCUT2D eigenvalue weighted by atomic mass is 16.3. The third kappa shape index (κ3) is 2.10. The number of fused-ring (bicyclic) bond motifs is 4. The Bertz CT molecular complexity index is 480. The summed E-state index contributed by atoms with van der Waals surface area (Å²) >= 11 is 0. The van der Waals surface area contributed by atoms with E-state index >= 15 is 0 Å². The highest BCUT2D eigenvalue weighted by Gasteiger charge is 2.43. The molecule has 1 saturated carbocycles. The van der Waals surface area contributed by atoms with Gasteiger partial charge in [-0.15, -0.1) is 0 Å². The summed E-state index contributed by atoms with van der Waals surface area (Å²) in [5, 5.41) is 10.8. The highest BCUT2D eigenvalue weighted by molar-refractivity contribution is 5.35. The fourth-order valence-electron chi connectivity index (χ4n) is 4.82. The predicted molar refractivity (Wildman–Crippen MR) is 80.8 cm³/mol. The average Bonchev–Trinajstić information content (AvgIpc) is 2.51. The molecule has 108 valence electrons. The topological polar surface area (TPSA) is 23.5 Å². The molecule has 0 radical (unpaired) electrons. The van der Waals surface area contributed by atoms with Gasteiger partial charge in [0.25, 0.3) is 0 Å². The first kappa shape index (κ1) is 12.8. The zero-order chi connectivity index (χ0) is 13.5. The second kappa shape index (κ2) is 5.16. The quantitative estimate of drug-likeness (QED) is 0.849. The minimum absolute atomic E-state index is 0.113. The van der Waals surface area contributed by atoms with Crippen LogP contribution in [0.1, 0.15) is 49.1 Å². The minimum Gasteiger partial charge on any atom is -0.391 e. The molecule has 1 aromatic carbocycles. The van der Waals surface area contributed by atoms with Gasteiger partial charge in [0.1, 0.15) is 0 Å². The number of benzene rings is 1. The zero-order valence-electron chi connectivity index (χ0n) is 12.2. The maximum Gasteiger partial charge on any atom is 0.0727 e. The van der Waals surface area contributed by atoms with Gasteiger partial charge in [0, 0.05) is 6.04 Å².